The van der Waals surface area contributed by atoms with Gasteiger partial charge in [0.2, 0.25) is 0 Å². The Kier molecular flexibility index (Phi) is 8.07. The van der Waals surface area contributed by atoms with Crippen LogP contribution in [-0.4, -0.2) is 37.2 Å². The number of hydrogen-bond acceptors (Lipinski definition) is 3. The molecule has 1 heterocycles. The molecule has 19 heavy (non-hydrogen) atoms. The molecule has 2 rings (SSSR count). The Labute approximate surface area is 122 Å². The van der Waals surface area contributed by atoms with Gasteiger partial charge < -0.3 is 10.5 Å². The molecule has 1 unspecified atom stereocenters. The second-order valence-electron chi connectivity index (χ2n) is 4.97. The predicted octanol–water partition coefficient (Wildman–Crippen LogP) is 2.44. The van der Waals surface area contributed by atoms with E-state index in [2.05, 4.69) is 35.2 Å². The lowest BCUT2D eigenvalue weighted by molar-refractivity contribution is 0.0913. The van der Waals surface area contributed by atoms with Gasteiger partial charge in [-0.1, -0.05) is 30.3 Å². The van der Waals surface area contributed by atoms with E-state index in [1.165, 1.54) is 18.4 Å². The van der Waals surface area contributed by atoms with E-state index in [0.29, 0.717) is 6.10 Å². The number of halogens is 1. The van der Waals surface area contributed by atoms with Crippen molar-refractivity contribution in [1.29, 1.82) is 0 Å². The predicted molar refractivity (Wildman–Crippen MR) is 81.6 cm³/mol. The van der Waals surface area contributed by atoms with Crippen molar-refractivity contribution in [2.75, 3.05) is 26.2 Å². The monoisotopic (exact) mass is 284 g/mol. The first-order chi connectivity index (χ1) is 8.88. The van der Waals surface area contributed by atoms with Gasteiger partial charge in [-0.15, -0.1) is 12.4 Å². The molecule has 3 nitrogen and oxygen atoms in total. The van der Waals surface area contributed by atoms with E-state index >= 15 is 0 Å². The maximum atomic E-state index is 5.69. The number of hydrogen-bond donors (Lipinski definition) is 1. The highest BCUT2D eigenvalue weighted by molar-refractivity contribution is 5.85. The fourth-order valence-corrected chi connectivity index (χ4v) is 2.49. The third-order valence-corrected chi connectivity index (χ3v) is 3.49. The van der Waals surface area contributed by atoms with Crippen molar-refractivity contribution in [3.8, 4) is 0 Å². The molecule has 1 fully saturated rings. The highest BCUT2D eigenvalue weighted by Gasteiger charge is 2.16. The molecule has 0 amide bonds. The Morgan fingerprint density at radius 2 is 2.00 bits per heavy atom. The quantitative estimate of drug-likeness (QED) is 0.836. The lowest BCUT2D eigenvalue weighted by atomic mass is 10.1. The Morgan fingerprint density at radius 3 is 2.63 bits per heavy atom. The maximum absolute atomic E-state index is 5.69. The topological polar surface area (TPSA) is 38.5 Å². The van der Waals surface area contributed by atoms with Crippen molar-refractivity contribution in [3.63, 3.8) is 0 Å². The lowest BCUT2D eigenvalue weighted by Crippen LogP contribution is -2.31. The summed E-state index contributed by atoms with van der Waals surface area (Å²) in [5.74, 6) is 0. The summed E-state index contributed by atoms with van der Waals surface area (Å²) in [6, 6.07) is 10.6. The summed E-state index contributed by atoms with van der Waals surface area (Å²) in [5.41, 5.74) is 7.05. The molecule has 1 aliphatic heterocycles. The normalized spacial score (nSPS) is 18.5. The van der Waals surface area contributed by atoms with Crippen molar-refractivity contribution in [3.05, 3.63) is 35.9 Å². The second-order valence-corrected chi connectivity index (χ2v) is 4.97. The minimum absolute atomic E-state index is 0. The Balaban J connectivity index is 0.00000180. The minimum atomic E-state index is 0. The Bertz CT molecular complexity index is 328. The smallest absolute Gasteiger partial charge is 0.0588 e. The van der Waals surface area contributed by atoms with E-state index in [4.69, 9.17) is 10.5 Å². The van der Waals surface area contributed by atoms with Crippen LogP contribution in [0.15, 0.2) is 30.3 Å². The fraction of sp³-hybridized carbons (Fsp3) is 0.600. The van der Waals surface area contributed by atoms with Gasteiger partial charge in [0.1, 0.15) is 0 Å². The van der Waals surface area contributed by atoms with Crippen LogP contribution in [0.3, 0.4) is 0 Å². The number of nitrogens with zero attached hydrogens (tertiary/aromatic N) is 1. The molecule has 0 saturated carbocycles. The van der Waals surface area contributed by atoms with Gasteiger partial charge >= 0.3 is 0 Å². The number of rotatable bonds is 7. The molecule has 1 aromatic rings. The lowest BCUT2D eigenvalue weighted by Gasteiger charge is -2.23. The molecule has 0 bridgehead atoms. The van der Waals surface area contributed by atoms with Gasteiger partial charge in [0.25, 0.3) is 0 Å². The van der Waals surface area contributed by atoms with Crippen molar-refractivity contribution >= 4 is 12.4 Å². The molecule has 1 saturated heterocycles. The third-order valence-electron chi connectivity index (χ3n) is 3.49. The summed E-state index contributed by atoms with van der Waals surface area (Å²) in [4.78, 5) is 2.43. The molecule has 2 N–H and O–H groups in total. The van der Waals surface area contributed by atoms with Gasteiger partial charge in [-0.3, -0.25) is 4.90 Å². The highest BCUT2D eigenvalue weighted by atomic mass is 35.5. The van der Waals surface area contributed by atoms with Crippen LogP contribution in [0.2, 0.25) is 0 Å². The van der Waals surface area contributed by atoms with Crippen LogP contribution in [0.4, 0.5) is 0 Å². The summed E-state index contributed by atoms with van der Waals surface area (Å²) in [6.07, 6.45) is 4.05. The molecule has 0 aromatic heterocycles. The van der Waals surface area contributed by atoms with Crippen molar-refractivity contribution < 1.29 is 4.74 Å². The average molecular weight is 285 g/mol. The Hall–Kier alpha value is -0.610. The first-order valence-corrected chi connectivity index (χ1v) is 6.96. The average Bonchev–Trinajstić information content (AvgIpc) is 2.91. The number of benzene rings is 1. The summed E-state index contributed by atoms with van der Waals surface area (Å²) in [5, 5.41) is 0. The van der Waals surface area contributed by atoms with Crippen LogP contribution >= 0.6 is 12.4 Å². The standard InChI is InChI=1S/C15H24N2O.ClH/c16-9-11-17(10-8-15-7-4-12-18-15)13-14-5-2-1-3-6-14;/h1-3,5-6,15H,4,7-13,16H2;1H. The first kappa shape index (κ1) is 16.4. The zero-order valence-corrected chi connectivity index (χ0v) is 12.3. The molecule has 0 aliphatic carbocycles. The van der Waals surface area contributed by atoms with Crippen LogP contribution in [-0.2, 0) is 11.3 Å². The van der Waals surface area contributed by atoms with Crippen molar-refractivity contribution in [1.82, 2.24) is 4.90 Å². The van der Waals surface area contributed by atoms with Gasteiger partial charge in [0, 0.05) is 32.8 Å². The summed E-state index contributed by atoms with van der Waals surface area (Å²) >= 11 is 0. The van der Waals surface area contributed by atoms with E-state index < -0.39 is 0 Å². The van der Waals surface area contributed by atoms with Crippen LogP contribution in [0, 0.1) is 0 Å². The Morgan fingerprint density at radius 1 is 1.21 bits per heavy atom. The molecular weight excluding hydrogens is 260 g/mol. The first-order valence-electron chi connectivity index (χ1n) is 6.96. The molecule has 0 radical (unpaired) electrons. The van der Waals surface area contributed by atoms with Crippen LogP contribution < -0.4 is 5.73 Å². The van der Waals surface area contributed by atoms with E-state index in [0.717, 1.165) is 39.2 Å². The summed E-state index contributed by atoms with van der Waals surface area (Å²) < 4.78 is 5.67. The maximum Gasteiger partial charge on any atom is 0.0588 e. The molecule has 4 heteroatoms. The van der Waals surface area contributed by atoms with Gasteiger partial charge in [0.15, 0.2) is 0 Å². The highest BCUT2D eigenvalue weighted by Crippen LogP contribution is 2.16. The SMILES string of the molecule is Cl.NCCN(CCC1CCCO1)Cc1ccccc1. The fourth-order valence-electron chi connectivity index (χ4n) is 2.49. The largest absolute Gasteiger partial charge is 0.378 e. The molecule has 1 aliphatic rings. The zero-order valence-electron chi connectivity index (χ0n) is 11.5. The van der Waals surface area contributed by atoms with Crippen LogP contribution in [0.5, 0.6) is 0 Å². The van der Waals surface area contributed by atoms with Crippen molar-refractivity contribution in [2.45, 2.75) is 31.9 Å². The van der Waals surface area contributed by atoms with Gasteiger partial charge in [-0.25, -0.2) is 0 Å². The summed E-state index contributed by atoms with van der Waals surface area (Å²) in [7, 11) is 0. The minimum Gasteiger partial charge on any atom is -0.378 e. The van der Waals surface area contributed by atoms with E-state index in [1.807, 2.05) is 0 Å². The number of ether oxygens (including phenoxy) is 1. The van der Waals surface area contributed by atoms with Gasteiger partial charge in [0.05, 0.1) is 6.10 Å². The molecular formula is C15H25ClN2O. The third kappa shape index (κ3) is 5.91. The molecule has 108 valence electrons. The van der Waals surface area contributed by atoms with Crippen LogP contribution in [0.25, 0.3) is 0 Å². The summed E-state index contributed by atoms with van der Waals surface area (Å²) in [6.45, 7) is 4.70. The molecule has 1 aromatic carbocycles. The second kappa shape index (κ2) is 9.32. The van der Waals surface area contributed by atoms with E-state index in [1.54, 1.807) is 0 Å². The van der Waals surface area contributed by atoms with Gasteiger partial charge in [-0.05, 0) is 24.8 Å². The van der Waals surface area contributed by atoms with Gasteiger partial charge in [-0.2, -0.15) is 0 Å². The number of nitrogens with two attached hydrogens (primary N) is 1. The van der Waals surface area contributed by atoms with E-state index in [-0.39, 0.29) is 12.4 Å². The zero-order chi connectivity index (χ0) is 12.6. The molecule has 0 spiro atoms. The molecule has 1 atom stereocenters. The van der Waals surface area contributed by atoms with E-state index in [9.17, 15) is 0 Å². The van der Waals surface area contributed by atoms with Crippen molar-refractivity contribution in [2.24, 2.45) is 5.73 Å². The van der Waals surface area contributed by atoms with Crippen LogP contribution in [0.1, 0.15) is 24.8 Å².